The number of fused-ring (bicyclic) bond motifs is 1. The molecule has 0 aromatic heterocycles. The standard InChI is InChI=1S/C14H16N2O2/c17-13-12-9-5-2-6-10-15(12)14(18)16(13)11-7-3-1-4-8-11/h1,3-4,7-8,12H,2,5-6,9-10H2. The summed E-state index contributed by atoms with van der Waals surface area (Å²) >= 11 is 0. The van der Waals surface area contributed by atoms with Gasteiger partial charge in [-0.3, -0.25) is 4.79 Å². The first-order valence-electron chi connectivity index (χ1n) is 6.48. The van der Waals surface area contributed by atoms with Gasteiger partial charge in [0.2, 0.25) is 0 Å². The molecule has 94 valence electrons. The van der Waals surface area contributed by atoms with Crippen LogP contribution in [0.5, 0.6) is 0 Å². The fraction of sp³-hybridized carbons (Fsp3) is 0.429. The van der Waals surface area contributed by atoms with E-state index < -0.39 is 0 Å². The molecule has 3 amide bonds. The number of nitrogens with zero attached hydrogens (tertiary/aromatic N) is 2. The zero-order valence-corrected chi connectivity index (χ0v) is 10.2. The van der Waals surface area contributed by atoms with E-state index in [9.17, 15) is 9.59 Å². The fourth-order valence-electron chi connectivity index (χ4n) is 2.78. The molecule has 2 heterocycles. The minimum Gasteiger partial charge on any atom is -0.312 e. The molecule has 18 heavy (non-hydrogen) atoms. The smallest absolute Gasteiger partial charge is 0.312 e. The zero-order chi connectivity index (χ0) is 12.5. The second-order valence-electron chi connectivity index (χ2n) is 4.85. The van der Waals surface area contributed by atoms with Crippen LogP contribution in [0.25, 0.3) is 0 Å². The van der Waals surface area contributed by atoms with Crippen molar-refractivity contribution < 1.29 is 9.59 Å². The first-order valence-corrected chi connectivity index (χ1v) is 6.48. The van der Waals surface area contributed by atoms with Gasteiger partial charge < -0.3 is 4.90 Å². The molecule has 1 unspecified atom stereocenters. The lowest BCUT2D eigenvalue weighted by Crippen LogP contribution is -2.34. The van der Waals surface area contributed by atoms with Crippen molar-refractivity contribution in [2.24, 2.45) is 0 Å². The highest BCUT2D eigenvalue weighted by Crippen LogP contribution is 2.29. The van der Waals surface area contributed by atoms with Crippen LogP contribution in [-0.2, 0) is 4.79 Å². The maximum absolute atomic E-state index is 12.4. The average molecular weight is 244 g/mol. The van der Waals surface area contributed by atoms with Gasteiger partial charge >= 0.3 is 6.03 Å². The van der Waals surface area contributed by atoms with E-state index in [4.69, 9.17) is 0 Å². The number of carbonyl (C=O) groups is 2. The number of imide groups is 1. The number of para-hydroxylation sites is 1. The highest BCUT2D eigenvalue weighted by Gasteiger charge is 2.45. The van der Waals surface area contributed by atoms with E-state index in [1.165, 1.54) is 4.90 Å². The summed E-state index contributed by atoms with van der Waals surface area (Å²) in [5, 5.41) is 0. The Balaban J connectivity index is 1.94. The molecular formula is C14H16N2O2. The first kappa shape index (κ1) is 11.3. The number of anilines is 1. The fourth-order valence-corrected chi connectivity index (χ4v) is 2.78. The molecule has 3 rings (SSSR count). The minimum atomic E-state index is -0.236. The van der Waals surface area contributed by atoms with Crippen LogP contribution >= 0.6 is 0 Å². The Morgan fingerprint density at radius 1 is 1.00 bits per heavy atom. The van der Waals surface area contributed by atoms with E-state index in [2.05, 4.69) is 0 Å². The number of hydrogen-bond donors (Lipinski definition) is 0. The number of urea groups is 1. The van der Waals surface area contributed by atoms with Crippen molar-refractivity contribution in [2.75, 3.05) is 11.4 Å². The van der Waals surface area contributed by atoms with Crippen LogP contribution < -0.4 is 4.90 Å². The summed E-state index contributed by atoms with van der Waals surface area (Å²) in [4.78, 5) is 27.8. The van der Waals surface area contributed by atoms with Crippen molar-refractivity contribution in [3.63, 3.8) is 0 Å². The van der Waals surface area contributed by atoms with Crippen LogP contribution in [0.2, 0.25) is 0 Å². The number of hydrogen-bond acceptors (Lipinski definition) is 2. The van der Waals surface area contributed by atoms with Crippen LogP contribution in [-0.4, -0.2) is 29.4 Å². The monoisotopic (exact) mass is 244 g/mol. The quantitative estimate of drug-likeness (QED) is 0.712. The second kappa shape index (κ2) is 4.44. The molecule has 1 aromatic carbocycles. The SMILES string of the molecule is O=C1C2CCCCCN2C(=O)N1c1ccccc1. The zero-order valence-electron chi connectivity index (χ0n) is 10.2. The van der Waals surface area contributed by atoms with Crippen LogP contribution in [0.4, 0.5) is 10.5 Å². The van der Waals surface area contributed by atoms with Crippen LogP contribution in [0.1, 0.15) is 25.7 Å². The molecule has 0 saturated carbocycles. The maximum atomic E-state index is 12.4. The van der Waals surface area contributed by atoms with Gasteiger partial charge in [-0.2, -0.15) is 0 Å². The van der Waals surface area contributed by atoms with Gasteiger partial charge in [0.1, 0.15) is 6.04 Å². The lowest BCUT2D eigenvalue weighted by atomic mass is 10.1. The van der Waals surface area contributed by atoms with Crippen molar-refractivity contribution in [2.45, 2.75) is 31.7 Å². The Labute approximate surface area is 106 Å². The molecule has 2 saturated heterocycles. The van der Waals surface area contributed by atoms with Crippen molar-refractivity contribution in [3.8, 4) is 0 Å². The van der Waals surface area contributed by atoms with E-state index in [1.54, 1.807) is 4.90 Å². The van der Waals surface area contributed by atoms with E-state index >= 15 is 0 Å². The Bertz CT molecular complexity index is 448. The van der Waals surface area contributed by atoms with E-state index in [-0.39, 0.29) is 18.0 Å². The molecule has 2 fully saturated rings. The highest BCUT2D eigenvalue weighted by atomic mass is 16.2. The summed E-state index contributed by atoms with van der Waals surface area (Å²) in [5.41, 5.74) is 0.681. The minimum absolute atomic E-state index is 0.0619. The number of benzene rings is 1. The van der Waals surface area contributed by atoms with Gasteiger partial charge in [-0.15, -0.1) is 0 Å². The number of amides is 3. The molecule has 0 bridgehead atoms. The van der Waals surface area contributed by atoms with Crippen molar-refractivity contribution >= 4 is 17.6 Å². The maximum Gasteiger partial charge on any atom is 0.332 e. The number of carbonyl (C=O) groups excluding carboxylic acids is 2. The van der Waals surface area contributed by atoms with Crippen LogP contribution in [0, 0.1) is 0 Å². The highest BCUT2D eigenvalue weighted by molar-refractivity contribution is 6.21. The molecule has 2 aliphatic rings. The van der Waals surface area contributed by atoms with Crippen molar-refractivity contribution in [1.82, 2.24) is 4.90 Å². The van der Waals surface area contributed by atoms with Gasteiger partial charge in [0.05, 0.1) is 5.69 Å². The number of rotatable bonds is 1. The molecule has 1 atom stereocenters. The summed E-state index contributed by atoms with van der Waals surface area (Å²) in [6, 6.07) is 8.80. The molecule has 0 radical (unpaired) electrons. The Kier molecular flexibility index (Phi) is 2.78. The summed E-state index contributed by atoms with van der Waals surface area (Å²) in [7, 11) is 0. The molecule has 4 nitrogen and oxygen atoms in total. The van der Waals surface area contributed by atoms with Gasteiger partial charge in [0, 0.05) is 6.54 Å². The predicted molar refractivity (Wildman–Crippen MR) is 68.3 cm³/mol. The molecule has 4 heteroatoms. The molecule has 0 spiro atoms. The van der Waals surface area contributed by atoms with Gasteiger partial charge in [-0.25, -0.2) is 9.69 Å². The largest absolute Gasteiger partial charge is 0.332 e. The predicted octanol–water partition coefficient (Wildman–Crippen LogP) is 2.40. The third kappa shape index (κ3) is 1.68. The van der Waals surface area contributed by atoms with Crippen LogP contribution in [0.3, 0.4) is 0 Å². The molecule has 1 aromatic rings. The van der Waals surface area contributed by atoms with Crippen LogP contribution in [0.15, 0.2) is 30.3 Å². The third-order valence-electron chi connectivity index (χ3n) is 3.71. The first-order chi connectivity index (χ1) is 8.79. The summed E-state index contributed by atoms with van der Waals surface area (Å²) in [5.74, 6) is -0.0619. The molecule has 0 N–H and O–H groups in total. The lowest BCUT2D eigenvalue weighted by Gasteiger charge is -2.18. The molecular weight excluding hydrogens is 228 g/mol. The Morgan fingerprint density at radius 2 is 1.78 bits per heavy atom. The molecule has 0 aliphatic carbocycles. The van der Waals surface area contributed by atoms with E-state index in [0.29, 0.717) is 12.2 Å². The normalized spacial score (nSPS) is 24.1. The van der Waals surface area contributed by atoms with E-state index in [1.807, 2.05) is 30.3 Å². The van der Waals surface area contributed by atoms with E-state index in [0.717, 1.165) is 25.7 Å². The van der Waals surface area contributed by atoms with Crippen molar-refractivity contribution in [3.05, 3.63) is 30.3 Å². The molecule has 2 aliphatic heterocycles. The Hall–Kier alpha value is -1.84. The van der Waals surface area contributed by atoms with Gasteiger partial charge in [-0.05, 0) is 25.0 Å². The van der Waals surface area contributed by atoms with Gasteiger partial charge in [-0.1, -0.05) is 31.0 Å². The topological polar surface area (TPSA) is 40.6 Å². The lowest BCUT2D eigenvalue weighted by molar-refractivity contribution is -0.119. The van der Waals surface area contributed by atoms with Gasteiger partial charge in [0.25, 0.3) is 5.91 Å². The second-order valence-corrected chi connectivity index (χ2v) is 4.85. The third-order valence-corrected chi connectivity index (χ3v) is 3.71. The average Bonchev–Trinajstić information content (AvgIpc) is 2.60. The Morgan fingerprint density at radius 3 is 2.56 bits per heavy atom. The van der Waals surface area contributed by atoms with Crippen molar-refractivity contribution in [1.29, 1.82) is 0 Å². The summed E-state index contributed by atoms with van der Waals surface area (Å²) in [6.45, 7) is 0.707. The summed E-state index contributed by atoms with van der Waals surface area (Å²) in [6.07, 6.45) is 3.94. The van der Waals surface area contributed by atoms with Gasteiger partial charge in [0.15, 0.2) is 0 Å². The summed E-state index contributed by atoms with van der Waals surface area (Å²) < 4.78 is 0.